The molecule has 0 amide bonds. The smallest absolute Gasteiger partial charge is 0.183 e. The molecule has 5 nitrogen and oxygen atoms in total. The topological polar surface area (TPSA) is 64.7 Å². The van der Waals surface area contributed by atoms with Gasteiger partial charge >= 0.3 is 0 Å². The van der Waals surface area contributed by atoms with Crippen LogP contribution in [-0.2, 0) is 0 Å². The summed E-state index contributed by atoms with van der Waals surface area (Å²) in [6.07, 6.45) is 17.2. The lowest BCUT2D eigenvalue weighted by atomic mass is 9.83. The highest BCUT2D eigenvalue weighted by molar-refractivity contribution is 6.21. The Bertz CT molecular complexity index is 2850. The second kappa shape index (κ2) is 10.9. The van der Waals surface area contributed by atoms with Crippen molar-refractivity contribution in [1.82, 2.24) is 19.9 Å². The van der Waals surface area contributed by atoms with E-state index in [0.29, 0.717) is 29.1 Å². The van der Waals surface area contributed by atoms with E-state index >= 15 is 0 Å². The van der Waals surface area contributed by atoms with Gasteiger partial charge in [-0.25, -0.2) is 15.0 Å². The van der Waals surface area contributed by atoms with Crippen molar-refractivity contribution in [2.75, 3.05) is 0 Å². The highest BCUT2D eigenvalue weighted by Gasteiger charge is 2.27. The van der Waals surface area contributed by atoms with Gasteiger partial charge in [0.15, 0.2) is 17.5 Å². The molecule has 11 rings (SSSR count). The first-order chi connectivity index (χ1) is 25.3. The quantitative estimate of drug-likeness (QED) is 0.189. The minimum absolute atomic E-state index is 0.253. The van der Waals surface area contributed by atoms with Gasteiger partial charge in [-0.05, 0) is 44.7 Å². The third-order valence-electron chi connectivity index (χ3n) is 10.5. The summed E-state index contributed by atoms with van der Waals surface area (Å²) in [6, 6.07) is 37.9. The summed E-state index contributed by atoms with van der Waals surface area (Å²) in [5.41, 5.74) is 11.2. The molecule has 0 saturated heterocycles. The summed E-state index contributed by atoms with van der Waals surface area (Å²) in [5, 5.41) is 4.29. The molecule has 3 aromatic heterocycles. The van der Waals surface area contributed by atoms with Gasteiger partial charge in [-0.1, -0.05) is 146 Å². The van der Waals surface area contributed by atoms with Gasteiger partial charge in [-0.2, -0.15) is 0 Å². The van der Waals surface area contributed by atoms with Crippen LogP contribution < -0.4 is 0 Å². The predicted octanol–water partition coefficient (Wildman–Crippen LogP) is 11.3. The van der Waals surface area contributed by atoms with Gasteiger partial charge in [-0.3, -0.25) is 4.98 Å². The lowest BCUT2D eigenvalue weighted by Crippen LogP contribution is -2.12. The van der Waals surface area contributed by atoms with E-state index in [1.165, 1.54) is 33.0 Å². The third kappa shape index (κ3) is 4.28. The van der Waals surface area contributed by atoms with E-state index in [-0.39, 0.29) is 5.92 Å². The van der Waals surface area contributed by atoms with Crippen molar-refractivity contribution >= 4 is 38.3 Å². The largest absolute Gasteiger partial charge is 0.455 e. The summed E-state index contributed by atoms with van der Waals surface area (Å²) in [4.78, 5) is 20.5. The van der Waals surface area contributed by atoms with Gasteiger partial charge in [0.2, 0.25) is 0 Å². The van der Waals surface area contributed by atoms with Crippen LogP contribution in [0.15, 0.2) is 162 Å². The highest BCUT2D eigenvalue weighted by Crippen LogP contribution is 2.50. The van der Waals surface area contributed by atoms with Gasteiger partial charge in [0, 0.05) is 40.1 Å². The fourth-order valence-electron chi connectivity index (χ4n) is 8.08. The van der Waals surface area contributed by atoms with Crippen LogP contribution in [0.1, 0.15) is 5.82 Å². The fourth-order valence-corrected chi connectivity index (χ4v) is 8.08. The van der Waals surface area contributed by atoms with E-state index in [0.717, 1.165) is 44.2 Å². The summed E-state index contributed by atoms with van der Waals surface area (Å²) in [7, 11) is 0. The van der Waals surface area contributed by atoms with Crippen molar-refractivity contribution in [3.63, 3.8) is 0 Å². The molecule has 3 aliphatic rings. The van der Waals surface area contributed by atoms with Gasteiger partial charge < -0.3 is 4.42 Å². The number of nitrogens with zero attached hydrogens (tertiary/aromatic N) is 4. The summed E-state index contributed by atoms with van der Waals surface area (Å²) in [6.45, 7) is 0. The van der Waals surface area contributed by atoms with Crippen molar-refractivity contribution in [1.29, 1.82) is 0 Å². The number of pyridine rings is 1. The number of hydrogen-bond acceptors (Lipinski definition) is 5. The molecular weight excluding hydrogens is 625 g/mol. The van der Waals surface area contributed by atoms with Gasteiger partial charge in [0.05, 0.1) is 5.39 Å². The summed E-state index contributed by atoms with van der Waals surface area (Å²) in [5.74, 6) is 2.32. The molecule has 0 fully saturated rings. The Balaban J connectivity index is 1.15. The third-order valence-corrected chi connectivity index (χ3v) is 10.5. The normalized spacial score (nSPS) is 16.9. The number of rotatable bonds is 4. The Morgan fingerprint density at radius 1 is 0.490 bits per heavy atom. The first-order valence-electron chi connectivity index (χ1n) is 17.3. The van der Waals surface area contributed by atoms with Crippen molar-refractivity contribution in [2.24, 2.45) is 11.8 Å². The van der Waals surface area contributed by atoms with Crippen LogP contribution in [0, 0.1) is 11.8 Å². The molecule has 51 heavy (non-hydrogen) atoms. The molecule has 0 bridgehead atoms. The predicted molar refractivity (Wildman–Crippen MR) is 206 cm³/mol. The van der Waals surface area contributed by atoms with Crippen molar-refractivity contribution < 1.29 is 4.42 Å². The number of furan rings is 1. The molecule has 8 aromatic rings. The molecule has 3 aliphatic carbocycles. The minimum Gasteiger partial charge on any atom is -0.455 e. The zero-order chi connectivity index (χ0) is 33.5. The van der Waals surface area contributed by atoms with E-state index < -0.39 is 0 Å². The number of para-hydroxylation sites is 1. The Morgan fingerprint density at radius 2 is 1.18 bits per heavy atom. The van der Waals surface area contributed by atoms with E-state index in [1.807, 2.05) is 54.7 Å². The molecule has 5 aromatic carbocycles. The van der Waals surface area contributed by atoms with Crippen LogP contribution >= 0.6 is 0 Å². The monoisotopic (exact) mass is 652 g/mol. The SMILES string of the molecule is C1=CC2C=CC(c3nc(-c4ccccc4)nc(-c4ncc(-c5ccc6c7c(cccc57)-c5ccccc5-6)c5oc6ccccc6c45)n3)=CC2C=C1. The van der Waals surface area contributed by atoms with Crippen molar-refractivity contribution in [3.8, 4) is 56.3 Å². The number of aromatic nitrogens is 4. The Morgan fingerprint density at radius 3 is 2.06 bits per heavy atom. The molecule has 238 valence electrons. The van der Waals surface area contributed by atoms with Gasteiger partial charge in [0.1, 0.15) is 16.9 Å². The molecule has 3 heterocycles. The Labute approximate surface area is 293 Å². The van der Waals surface area contributed by atoms with Gasteiger partial charge in [0.25, 0.3) is 0 Å². The van der Waals surface area contributed by atoms with E-state index in [2.05, 4.69) is 103 Å². The molecule has 0 N–H and O–H groups in total. The number of allylic oxidation sites excluding steroid dienone is 8. The average Bonchev–Trinajstić information content (AvgIpc) is 3.75. The fraction of sp³-hybridized carbons (Fsp3) is 0.0435. The van der Waals surface area contributed by atoms with Crippen molar-refractivity contribution in [2.45, 2.75) is 0 Å². The summed E-state index contributed by atoms with van der Waals surface area (Å²) >= 11 is 0. The van der Waals surface area contributed by atoms with Crippen LogP contribution in [0.25, 0.3) is 94.6 Å². The molecule has 2 unspecified atom stereocenters. The van der Waals surface area contributed by atoms with E-state index in [1.54, 1.807) is 0 Å². The van der Waals surface area contributed by atoms with Crippen LogP contribution in [0.2, 0.25) is 0 Å². The van der Waals surface area contributed by atoms with Gasteiger partial charge in [-0.15, -0.1) is 0 Å². The zero-order valence-corrected chi connectivity index (χ0v) is 27.4. The van der Waals surface area contributed by atoms with Crippen LogP contribution in [0.3, 0.4) is 0 Å². The molecule has 0 saturated carbocycles. The molecule has 0 aliphatic heterocycles. The minimum atomic E-state index is 0.253. The lowest BCUT2D eigenvalue weighted by Gasteiger charge is -2.22. The first-order valence-corrected chi connectivity index (χ1v) is 17.3. The van der Waals surface area contributed by atoms with E-state index in [9.17, 15) is 0 Å². The first kappa shape index (κ1) is 28.2. The molecule has 2 atom stereocenters. The van der Waals surface area contributed by atoms with Crippen molar-refractivity contribution in [3.05, 3.63) is 164 Å². The molecular formula is C46H28N4O. The number of fused-ring (bicyclic) bond motifs is 7. The maximum absolute atomic E-state index is 6.76. The average molecular weight is 653 g/mol. The number of hydrogen-bond donors (Lipinski definition) is 0. The maximum atomic E-state index is 6.76. The molecule has 5 heteroatoms. The maximum Gasteiger partial charge on any atom is 0.183 e. The summed E-state index contributed by atoms with van der Waals surface area (Å²) < 4.78 is 6.76. The Kier molecular flexibility index (Phi) is 6.01. The Hall–Kier alpha value is -6.72. The second-order valence-electron chi connectivity index (χ2n) is 13.3. The second-order valence-corrected chi connectivity index (χ2v) is 13.3. The lowest BCUT2D eigenvalue weighted by molar-refractivity contribution is 0.662. The zero-order valence-electron chi connectivity index (χ0n) is 27.4. The molecule has 0 spiro atoms. The van der Waals surface area contributed by atoms with Crippen LogP contribution in [0.5, 0.6) is 0 Å². The standard InChI is InChI=1S/C46H28N4O/c1-2-12-28(13-3-1)44-48-45(30-22-21-27-11-4-5-14-29(27)25-30)50-46(49-44)42-41-37-17-8-9-20-39(37)51-43(41)38(26-47-42)33-23-24-36-32-16-7-6-15-31(32)34-18-10-19-35(33)40(34)36/h1-27,29H. The molecule has 0 radical (unpaired) electrons. The highest BCUT2D eigenvalue weighted by atomic mass is 16.3. The van der Waals surface area contributed by atoms with E-state index in [4.69, 9.17) is 24.4 Å². The van der Waals surface area contributed by atoms with Crippen LogP contribution in [0.4, 0.5) is 0 Å². The van der Waals surface area contributed by atoms with Crippen LogP contribution in [-0.4, -0.2) is 19.9 Å². The number of benzene rings is 5.